The summed E-state index contributed by atoms with van der Waals surface area (Å²) in [6.45, 7) is 1.32. The van der Waals surface area contributed by atoms with Gasteiger partial charge in [-0.1, -0.05) is 6.92 Å². The third-order valence-corrected chi connectivity index (χ3v) is 4.27. The number of hydrogen-bond donors (Lipinski definition) is 1. The van der Waals surface area contributed by atoms with Gasteiger partial charge >= 0.3 is 0 Å². The van der Waals surface area contributed by atoms with E-state index in [-0.39, 0.29) is 12.1 Å². The van der Waals surface area contributed by atoms with Crippen molar-refractivity contribution in [2.75, 3.05) is 19.8 Å². The van der Waals surface area contributed by atoms with E-state index in [2.05, 4.69) is 5.32 Å². The molecule has 0 spiro atoms. The van der Waals surface area contributed by atoms with Gasteiger partial charge in [-0.05, 0) is 24.6 Å². The van der Waals surface area contributed by atoms with Crippen LogP contribution in [-0.2, 0) is 14.8 Å². The number of rotatable bonds is 6. The minimum absolute atomic E-state index is 0.0351. The molecule has 1 aromatic carbocycles. The van der Waals surface area contributed by atoms with Crippen LogP contribution in [0, 0.1) is 11.6 Å². The predicted octanol–water partition coefficient (Wildman–Crippen LogP) is 1.42. The molecule has 5 nitrogen and oxygen atoms in total. The van der Waals surface area contributed by atoms with E-state index in [9.17, 15) is 22.0 Å². The number of carbonyl (C=O) groups excluding carboxylic acids is 1. The van der Waals surface area contributed by atoms with Crippen LogP contribution >= 0.6 is 0 Å². The minimum atomic E-state index is -3.48. The molecule has 0 aliphatic rings. The Morgan fingerprint density at radius 1 is 1.38 bits per heavy atom. The molecule has 0 saturated heterocycles. The van der Waals surface area contributed by atoms with Crippen molar-refractivity contribution in [1.29, 1.82) is 0 Å². The summed E-state index contributed by atoms with van der Waals surface area (Å²) < 4.78 is 50.2. The number of halogens is 2. The second kappa shape index (κ2) is 6.95. The second-order valence-electron chi connectivity index (χ2n) is 4.71. The first-order valence-electron chi connectivity index (χ1n) is 6.30. The number of likely N-dealkylation sites (N-methyl/N-ethyl adjacent to an activating group) is 1. The number of nitrogens with one attached hydrogen (secondary N) is 1. The molecule has 0 bridgehead atoms. The lowest BCUT2D eigenvalue weighted by Gasteiger charge is -2.20. The second-order valence-corrected chi connectivity index (χ2v) is 6.80. The van der Waals surface area contributed by atoms with Gasteiger partial charge in [0.2, 0.25) is 15.9 Å². The minimum Gasteiger partial charge on any atom is -0.348 e. The van der Waals surface area contributed by atoms with Crippen LogP contribution in [0.4, 0.5) is 8.78 Å². The Balaban J connectivity index is 2.83. The summed E-state index contributed by atoms with van der Waals surface area (Å²) in [5.41, 5.74) is 0.0351. The van der Waals surface area contributed by atoms with E-state index in [4.69, 9.17) is 0 Å². The highest BCUT2D eigenvalue weighted by Crippen LogP contribution is 2.21. The molecule has 1 rings (SSSR count). The molecule has 1 atom stereocenters. The third-order valence-electron chi connectivity index (χ3n) is 3.01. The van der Waals surface area contributed by atoms with Crippen LogP contribution in [0.3, 0.4) is 0 Å². The Kier molecular flexibility index (Phi) is 5.79. The van der Waals surface area contributed by atoms with E-state index in [0.29, 0.717) is 6.42 Å². The molecule has 1 N–H and O–H groups in total. The molecule has 1 amide bonds. The van der Waals surface area contributed by atoms with Crippen molar-refractivity contribution < 1.29 is 22.0 Å². The van der Waals surface area contributed by atoms with Crippen molar-refractivity contribution in [2.24, 2.45) is 0 Å². The summed E-state index contributed by atoms with van der Waals surface area (Å²) in [5, 5.41) is 2.50. The summed E-state index contributed by atoms with van der Waals surface area (Å²) in [7, 11) is -2.22. The van der Waals surface area contributed by atoms with Gasteiger partial charge in [0.15, 0.2) is 0 Å². The lowest BCUT2D eigenvalue weighted by Crippen LogP contribution is -2.39. The largest absolute Gasteiger partial charge is 0.348 e. The fraction of sp³-hybridized carbons (Fsp3) is 0.462. The Morgan fingerprint density at radius 3 is 2.52 bits per heavy atom. The number of sulfonamides is 1. The molecular formula is C13H18F2N2O3S. The van der Waals surface area contributed by atoms with Gasteiger partial charge in [-0.15, -0.1) is 0 Å². The summed E-state index contributed by atoms with van der Waals surface area (Å²) >= 11 is 0. The van der Waals surface area contributed by atoms with E-state index in [1.54, 1.807) is 6.92 Å². The average Bonchev–Trinajstić information content (AvgIpc) is 2.38. The molecule has 0 saturated carbocycles. The first kappa shape index (κ1) is 17.5. The maximum atomic E-state index is 13.7. The molecule has 0 aliphatic heterocycles. The van der Waals surface area contributed by atoms with Crippen molar-refractivity contribution in [1.82, 2.24) is 9.62 Å². The molecule has 118 valence electrons. The number of carbonyl (C=O) groups is 1. The van der Waals surface area contributed by atoms with E-state index < -0.39 is 33.6 Å². The smallest absolute Gasteiger partial charge is 0.235 e. The monoisotopic (exact) mass is 320 g/mol. The molecule has 21 heavy (non-hydrogen) atoms. The normalized spacial score (nSPS) is 13.2. The van der Waals surface area contributed by atoms with Crippen LogP contribution in [0.1, 0.15) is 24.9 Å². The molecular weight excluding hydrogens is 302 g/mol. The lowest BCUT2D eigenvalue weighted by molar-refractivity contribution is -0.121. The maximum absolute atomic E-state index is 13.7. The van der Waals surface area contributed by atoms with Crippen LogP contribution in [0.25, 0.3) is 0 Å². The Hall–Kier alpha value is -1.54. The molecule has 0 fully saturated rings. The number of amides is 1. The fourth-order valence-corrected chi connectivity index (χ4v) is 2.09. The third kappa shape index (κ3) is 5.05. The first-order valence-corrected chi connectivity index (χ1v) is 8.15. The van der Waals surface area contributed by atoms with Gasteiger partial charge in [-0.2, -0.15) is 4.31 Å². The van der Waals surface area contributed by atoms with Crippen molar-refractivity contribution >= 4 is 15.9 Å². The average molecular weight is 320 g/mol. The zero-order chi connectivity index (χ0) is 16.2. The topological polar surface area (TPSA) is 66.5 Å². The molecule has 1 unspecified atom stereocenters. The highest BCUT2D eigenvalue weighted by Gasteiger charge is 2.20. The fourth-order valence-electron chi connectivity index (χ4n) is 1.74. The van der Waals surface area contributed by atoms with Crippen LogP contribution < -0.4 is 5.32 Å². The number of nitrogens with zero attached hydrogens (tertiary/aromatic N) is 1. The highest BCUT2D eigenvalue weighted by molar-refractivity contribution is 7.88. The summed E-state index contributed by atoms with van der Waals surface area (Å²) in [5.74, 6) is -1.81. The van der Waals surface area contributed by atoms with Gasteiger partial charge in [0, 0.05) is 12.6 Å². The summed E-state index contributed by atoms with van der Waals surface area (Å²) in [6, 6.07) is 2.28. The number of benzene rings is 1. The zero-order valence-electron chi connectivity index (χ0n) is 12.1. The van der Waals surface area contributed by atoms with Gasteiger partial charge < -0.3 is 5.32 Å². The standard InChI is InChI=1S/C13H18F2N2O3S/c1-4-12(10-7-9(14)5-6-11(10)15)16-13(18)8-17(2)21(3,19)20/h5-7,12H,4,8H2,1-3H3,(H,16,18). The zero-order valence-corrected chi connectivity index (χ0v) is 12.9. The lowest BCUT2D eigenvalue weighted by atomic mass is 10.0. The summed E-state index contributed by atoms with van der Waals surface area (Å²) in [6.07, 6.45) is 1.32. The van der Waals surface area contributed by atoms with E-state index in [1.165, 1.54) is 7.05 Å². The highest BCUT2D eigenvalue weighted by atomic mass is 32.2. The quantitative estimate of drug-likeness (QED) is 0.862. The molecule has 0 radical (unpaired) electrons. The van der Waals surface area contributed by atoms with Crippen molar-refractivity contribution in [3.8, 4) is 0 Å². The Bertz CT molecular complexity index is 620. The van der Waals surface area contributed by atoms with Crippen molar-refractivity contribution in [3.05, 3.63) is 35.4 Å². The molecule has 8 heteroatoms. The Morgan fingerprint density at radius 2 is 2.00 bits per heavy atom. The van der Waals surface area contributed by atoms with Crippen molar-refractivity contribution in [3.63, 3.8) is 0 Å². The van der Waals surface area contributed by atoms with Crippen LogP contribution in [-0.4, -0.2) is 38.5 Å². The van der Waals surface area contributed by atoms with Crippen LogP contribution in [0.15, 0.2) is 18.2 Å². The van der Waals surface area contributed by atoms with E-state index in [1.807, 2.05) is 0 Å². The van der Waals surface area contributed by atoms with E-state index >= 15 is 0 Å². The first-order chi connectivity index (χ1) is 9.65. The van der Waals surface area contributed by atoms with Gasteiger partial charge in [0.1, 0.15) is 11.6 Å². The van der Waals surface area contributed by atoms with Crippen molar-refractivity contribution in [2.45, 2.75) is 19.4 Å². The number of hydrogen-bond acceptors (Lipinski definition) is 3. The van der Waals surface area contributed by atoms with Gasteiger partial charge in [0.25, 0.3) is 0 Å². The maximum Gasteiger partial charge on any atom is 0.235 e. The van der Waals surface area contributed by atoms with Crippen LogP contribution in [0.2, 0.25) is 0 Å². The Labute approximate surface area is 123 Å². The summed E-state index contributed by atoms with van der Waals surface area (Å²) in [4.78, 5) is 11.8. The van der Waals surface area contributed by atoms with Gasteiger partial charge in [-0.25, -0.2) is 17.2 Å². The van der Waals surface area contributed by atoms with Gasteiger partial charge in [-0.3, -0.25) is 4.79 Å². The molecule has 0 aromatic heterocycles. The SMILES string of the molecule is CCC(NC(=O)CN(C)S(C)(=O)=O)c1cc(F)ccc1F. The van der Waals surface area contributed by atoms with E-state index in [0.717, 1.165) is 28.8 Å². The molecule has 1 aromatic rings. The van der Waals surface area contributed by atoms with Gasteiger partial charge in [0.05, 0.1) is 18.8 Å². The predicted molar refractivity (Wildman–Crippen MR) is 75.0 cm³/mol. The van der Waals surface area contributed by atoms with Crippen LogP contribution in [0.5, 0.6) is 0 Å². The molecule has 0 aliphatic carbocycles. The molecule has 0 heterocycles.